The molecule has 3 aliphatic rings. The predicted octanol–water partition coefficient (Wildman–Crippen LogP) is 8.88. The van der Waals surface area contributed by atoms with Gasteiger partial charge in [-0.15, -0.1) is 0 Å². The van der Waals surface area contributed by atoms with E-state index in [1.807, 2.05) is 6.08 Å². The van der Waals surface area contributed by atoms with Crippen LogP contribution in [0.25, 0.3) is 0 Å². The quantitative estimate of drug-likeness (QED) is 0.0200. The first kappa shape index (κ1) is 80.9. The van der Waals surface area contributed by atoms with Crippen LogP contribution in [0.5, 0.6) is 0 Å². The van der Waals surface area contributed by atoms with E-state index in [0.29, 0.717) is 12.8 Å². The van der Waals surface area contributed by atoms with Crippen molar-refractivity contribution in [2.24, 2.45) is 0 Å². The summed E-state index contributed by atoms with van der Waals surface area (Å²) in [4.78, 5) is 13.4. The zero-order valence-electron chi connectivity index (χ0n) is 54.6. The average Bonchev–Trinajstić information content (AvgIpc) is 0.847. The van der Waals surface area contributed by atoms with Gasteiger partial charge in [0.2, 0.25) is 5.91 Å². The van der Waals surface area contributed by atoms with E-state index in [9.17, 15) is 61.0 Å². The van der Waals surface area contributed by atoms with E-state index in [1.165, 1.54) is 83.5 Å². The maximum absolute atomic E-state index is 13.4. The van der Waals surface area contributed by atoms with Gasteiger partial charge in [0.15, 0.2) is 18.9 Å². The van der Waals surface area contributed by atoms with E-state index in [1.54, 1.807) is 6.08 Å². The molecular formula is C71H121NO18. The fourth-order valence-corrected chi connectivity index (χ4v) is 11.0. The van der Waals surface area contributed by atoms with Gasteiger partial charge in [-0.2, -0.15) is 0 Å². The van der Waals surface area contributed by atoms with Crippen molar-refractivity contribution in [2.45, 2.75) is 317 Å². The predicted molar refractivity (Wildman–Crippen MR) is 351 cm³/mol. The van der Waals surface area contributed by atoms with Gasteiger partial charge in [0, 0.05) is 6.42 Å². The molecular weight excluding hydrogens is 1150 g/mol. The zero-order chi connectivity index (χ0) is 65.4. The molecule has 3 saturated heterocycles. The number of hydrogen-bond acceptors (Lipinski definition) is 18. The van der Waals surface area contributed by atoms with Crippen molar-refractivity contribution in [1.29, 1.82) is 0 Å². The van der Waals surface area contributed by atoms with Crippen molar-refractivity contribution in [2.75, 3.05) is 26.4 Å². The van der Waals surface area contributed by atoms with Gasteiger partial charge >= 0.3 is 0 Å². The second-order valence-electron chi connectivity index (χ2n) is 24.2. The van der Waals surface area contributed by atoms with Crippen LogP contribution in [0.2, 0.25) is 0 Å². The summed E-state index contributed by atoms with van der Waals surface area (Å²) in [5.74, 6) is -0.304. The third-order valence-corrected chi connectivity index (χ3v) is 16.6. The van der Waals surface area contributed by atoms with E-state index >= 15 is 0 Å². The normalized spacial score (nSPS) is 28.7. The highest BCUT2D eigenvalue weighted by atomic mass is 16.8. The number of rotatable bonds is 51. The number of ether oxygens (including phenoxy) is 6. The Morgan fingerprint density at radius 2 is 0.778 bits per heavy atom. The first-order chi connectivity index (χ1) is 43.8. The standard InChI is InChI=1S/C71H121NO18/c1-3-5-7-9-11-13-15-17-19-21-23-25-26-27-28-29-31-33-35-37-39-41-43-45-47-49-59(77)72-54(55(76)48-46-44-42-40-38-36-34-32-30-24-22-20-18-16-14-12-10-8-6-4-2)53-85-69-65(83)62(80)67(57(51-74)87-69)90-71-66(84)63(81)68(58(52-75)88-71)89-70-64(82)61(79)60(78)56(50-73)86-70/h5,7,11,13,17,19,23,25,27-28,31,33,38,40,46,48,54-58,60-71,73-76,78-84H,3-4,6,8-10,12,14-16,18,20-22,24,26,29-30,32,34-37,39,41-45,47,49-53H2,1-2H3,(H,72,77)/b7-5-,13-11-,19-17-,25-23-,28-27-,33-31-,40-38+,48-46+. The van der Waals surface area contributed by atoms with E-state index in [-0.39, 0.29) is 18.9 Å². The minimum absolute atomic E-state index is 0.212. The summed E-state index contributed by atoms with van der Waals surface area (Å²) in [6.07, 6.45) is 40.9. The van der Waals surface area contributed by atoms with Crippen LogP contribution >= 0.6 is 0 Å². The van der Waals surface area contributed by atoms with Gasteiger partial charge in [0.25, 0.3) is 0 Å². The molecule has 0 aromatic heterocycles. The van der Waals surface area contributed by atoms with Crippen LogP contribution in [-0.2, 0) is 33.2 Å². The molecule has 3 fully saturated rings. The first-order valence-electron chi connectivity index (χ1n) is 34.5. The lowest BCUT2D eigenvalue weighted by Gasteiger charge is -2.48. The molecule has 17 unspecified atom stereocenters. The molecule has 3 aliphatic heterocycles. The highest BCUT2D eigenvalue weighted by molar-refractivity contribution is 5.76. The summed E-state index contributed by atoms with van der Waals surface area (Å²) in [5, 5.41) is 120. The number of allylic oxidation sites excluding steroid dienone is 15. The van der Waals surface area contributed by atoms with Crippen LogP contribution in [0, 0.1) is 0 Å². The summed E-state index contributed by atoms with van der Waals surface area (Å²) in [6.45, 7) is 1.58. The zero-order valence-corrected chi connectivity index (χ0v) is 54.6. The van der Waals surface area contributed by atoms with Gasteiger partial charge < -0.3 is 89.9 Å². The van der Waals surface area contributed by atoms with Crippen LogP contribution in [0.3, 0.4) is 0 Å². The number of nitrogens with one attached hydrogen (secondary N) is 1. The first-order valence-corrected chi connectivity index (χ1v) is 34.5. The van der Waals surface area contributed by atoms with Crippen molar-refractivity contribution in [1.82, 2.24) is 5.32 Å². The fourth-order valence-electron chi connectivity index (χ4n) is 11.0. The fraction of sp³-hybridized carbons (Fsp3) is 0.761. The van der Waals surface area contributed by atoms with Crippen LogP contribution in [-0.4, -0.2) is 193 Å². The maximum atomic E-state index is 13.4. The number of amides is 1. The van der Waals surface area contributed by atoms with E-state index < -0.39 is 124 Å². The third-order valence-electron chi connectivity index (χ3n) is 16.6. The molecule has 3 heterocycles. The molecule has 3 rings (SSSR count). The number of hydrogen-bond donors (Lipinski definition) is 12. The van der Waals surface area contributed by atoms with Crippen LogP contribution < -0.4 is 5.32 Å². The topological polar surface area (TPSA) is 307 Å². The maximum Gasteiger partial charge on any atom is 0.220 e. The molecule has 0 aromatic rings. The third kappa shape index (κ3) is 33.7. The summed E-state index contributed by atoms with van der Waals surface area (Å²) in [6, 6.07) is -1.01. The van der Waals surface area contributed by atoms with Gasteiger partial charge in [-0.05, 0) is 83.5 Å². The Balaban J connectivity index is 1.47. The lowest BCUT2D eigenvalue weighted by atomic mass is 9.96. The van der Waals surface area contributed by atoms with Gasteiger partial charge in [0.05, 0.1) is 38.6 Å². The van der Waals surface area contributed by atoms with E-state index in [0.717, 1.165) is 96.3 Å². The second-order valence-corrected chi connectivity index (χ2v) is 24.2. The molecule has 0 saturated carbocycles. The molecule has 1 amide bonds. The SMILES string of the molecule is CC/C=C\C/C=C\C/C=C\C/C=C\C/C=C\C/C=C\CCCCCCCCC(=O)NC(COC1OC(CO)C(OC2OC(CO)C(OC3OC(CO)C(O)C(O)C3O)C(O)C2O)C(O)C1O)C(O)/C=C/CC/C=C/CCCCCCCCCCCCCCCC. The Kier molecular flexibility index (Phi) is 46.8. The van der Waals surface area contributed by atoms with Gasteiger partial charge in [-0.3, -0.25) is 4.79 Å². The molecule has 0 aromatic carbocycles. The molecule has 19 nitrogen and oxygen atoms in total. The minimum atomic E-state index is -1.99. The molecule has 518 valence electrons. The van der Waals surface area contributed by atoms with E-state index in [2.05, 4.69) is 104 Å². The van der Waals surface area contributed by atoms with Crippen LogP contribution in [0.1, 0.15) is 213 Å². The monoisotopic (exact) mass is 1280 g/mol. The van der Waals surface area contributed by atoms with Crippen molar-refractivity contribution in [3.8, 4) is 0 Å². The van der Waals surface area contributed by atoms with Gasteiger partial charge in [0.1, 0.15) is 73.2 Å². The Bertz CT molecular complexity index is 2010. The number of aliphatic hydroxyl groups excluding tert-OH is 11. The number of aliphatic hydroxyl groups is 11. The molecule has 0 aliphatic carbocycles. The Labute approximate surface area is 539 Å². The van der Waals surface area contributed by atoms with Gasteiger partial charge in [-0.1, -0.05) is 220 Å². The Morgan fingerprint density at radius 1 is 0.411 bits per heavy atom. The summed E-state index contributed by atoms with van der Waals surface area (Å²) < 4.78 is 34.3. The molecule has 0 bridgehead atoms. The number of carbonyl (C=O) groups excluding carboxylic acids is 1. The summed E-state index contributed by atoms with van der Waals surface area (Å²) in [7, 11) is 0. The molecule has 0 radical (unpaired) electrons. The van der Waals surface area contributed by atoms with Gasteiger partial charge in [-0.25, -0.2) is 0 Å². The second kappa shape index (κ2) is 52.0. The largest absolute Gasteiger partial charge is 0.394 e. The Hall–Kier alpha value is -3.29. The van der Waals surface area contributed by atoms with Crippen LogP contribution in [0.4, 0.5) is 0 Å². The lowest BCUT2D eigenvalue weighted by Crippen LogP contribution is -2.66. The van der Waals surface area contributed by atoms with E-state index in [4.69, 9.17) is 28.4 Å². The summed E-state index contributed by atoms with van der Waals surface area (Å²) in [5.41, 5.74) is 0. The van der Waals surface area contributed by atoms with Crippen LogP contribution in [0.15, 0.2) is 97.2 Å². The molecule has 17 atom stereocenters. The Morgan fingerprint density at radius 3 is 1.24 bits per heavy atom. The highest BCUT2D eigenvalue weighted by Gasteiger charge is 2.53. The lowest BCUT2D eigenvalue weighted by molar-refractivity contribution is -0.379. The van der Waals surface area contributed by atoms with Crippen molar-refractivity contribution in [3.63, 3.8) is 0 Å². The molecule has 12 N–H and O–H groups in total. The molecule has 90 heavy (non-hydrogen) atoms. The highest BCUT2D eigenvalue weighted by Crippen LogP contribution is 2.33. The molecule has 0 spiro atoms. The number of unbranched alkanes of at least 4 members (excludes halogenated alkanes) is 21. The smallest absolute Gasteiger partial charge is 0.220 e. The van der Waals surface area contributed by atoms with Crippen molar-refractivity contribution in [3.05, 3.63) is 97.2 Å². The van der Waals surface area contributed by atoms with Crippen molar-refractivity contribution < 1.29 is 89.4 Å². The summed E-state index contributed by atoms with van der Waals surface area (Å²) >= 11 is 0. The van der Waals surface area contributed by atoms with Crippen molar-refractivity contribution >= 4 is 5.91 Å². The number of carbonyl (C=O) groups is 1. The minimum Gasteiger partial charge on any atom is -0.394 e. The molecule has 19 heteroatoms. The average molecular weight is 1280 g/mol.